The quantitative estimate of drug-likeness (QED) is 0.527. The lowest BCUT2D eigenvalue weighted by Crippen LogP contribution is -2.37. The Labute approximate surface area is 195 Å². The molecule has 0 spiro atoms. The molecule has 0 bridgehead atoms. The molecule has 2 aromatic carbocycles. The zero-order valence-corrected chi connectivity index (χ0v) is 19.0. The van der Waals surface area contributed by atoms with Gasteiger partial charge < -0.3 is 20.7 Å². The van der Waals surface area contributed by atoms with E-state index in [0.29, 0.717) is 53.1 Å². The Hall–Kier alpha value is -3.30. The number of nitrogens with two attached hydrogens (primary N) is 1. The summed E-state index contributed by atoms with van der Waals surface area (Å²) in [6, 6.07) is 11.5. The van der Waals surface area contributed by atoms with E-state index < -0.39 is 11.9 Å². The van der Waals surface area contributed by atoms with E-state index in [-0.39, 0.29) is 11.5 Å². The van der Waals surface area contributed by atoms with Crippen molar-refractivity contribution in [3.05, 3.63) is 64.9 Å². The van der Waals surface area contributed by atoms with Crippen LogP contribution < -0.4 is 16.0 Å². The minimum atomic E-state index is -0.444. The molecule has 3 aromatic rings. The van der Waals surface area contributed by atoms with Crippen molar-refractivity contribution in [1.29, 1.82) is 0 Å². The monoisotopic (exact) mass is 468 g/mol. The van der Waals surface area contributed by atoms with Gasteiger partial charge in [-0.05, 0) is 49.6 Å². The number of aromatic nitrogens is 1. The van der Waals surface area contributed by atoms with Crippen molar-refractivity contribution in [2.75, 3.05) is 37.0 Å². The number of hydrogen-bond donors (Lipinski definition) is 2. The van der Waals surface area contributed by atoms with E-state index in [4.69, 9.17) is 10.5 Å². The van der Waals surface area contributed by atoms with E-state index >= 15 is 0 Å². The van der Waals surface area contributed by atoms with E-state index in [9.17, 15) is 14.0 Å². The van der Waals surface area contributed by atoms with E-state index in [1.807, 2.05) is 11.0 Å². The summed E-state index contributed by atoms with van der Waals surface area (Å²) >= 11 is 1.29. The van der Waals surface area contributed by atoms with Gasteiger partial charge in [-0.1, -0.05) is 18.2 Å². The van der Waals surface area contributed by atoms with Gasteiger partial charge in [-0.25, -0.2) is 14.2 Å². The van der Waals surface area contributed by atoms with Crippen molar-refractivity contribution in [3.63, 3.8) is 0 Å². The number of ether oxygens (including phenoxy) is 1. The van der Waals surface area contributed by atoms with Crippen LogP contribution in [0.2, 0.25) is 0 Å². The van der Waals surface area contributed by atoms with Crippen LogP contribution in [0.5, 0.6) is 0 Å². The number of amides is 1. The molecule has 0 unspecified atom stereocenters. The molecule has 3 N–H and O–H groups in total. The number of nitrogens with zero attached hydrogens (tertiary/aromatic N) is 2. The van der Waals surface area contributed by atoms with Crippen molar-refractivity contribution < 1.29 is 18.7 Å². The smallest absolute Gasteiger partial charge is 0.337 e. The summed E-state index contributed by atoms with van der Waals surface area (Å²) in [6.45, 7) is 2.00. The summed E-state index contributed by atoms with van der Waals surface area (Å²) < 4.78 is 19.5. The summed E-state index contributed by atoms with van der Waals surface area (Å²) in [4.78, 5) is 31.1. The second kappa shape index (κ2) is 10.1. The molecular weight excluding hydrogens is 443 g/mol. The highest BCUT2D eigenvalue weighted by atomic mass is 32.1. The number of benzene rings is 2. The molecule has 172 valence electrons. The zero-order valence-electron chi connectivity index (χ0n) is 18.2. The Kier molecular flexibility index (Phi) is 7.00. The fourth-order valence-electron chi connectivity index (χ4n) is 3.92. The highest BCUT2D eigenvalue weighted by Crippen LogP contribution is 2.33. The van der Waals surface area contributed by atoms with Gasteiger partial charge in [0.25, 0.3) is 5.91 Å². The van der Waals surface area contributed by atoms with E-state index in [1.165, 1.54) is 24.5 Å². The molecule has 33 heavy (non-hydrogen) atoms. The molecule has 2 heterocycles. The lowest BCUT2D eigenvalue weighted by atomic mass is 9.96. The van der Waals surface area contributed by atoms with Crippen LogP contribution in [0.15, 0.2) is 47.8 Å². The molecule has 9 heteroatoms. The average Bonchev–Trinajstić information content (AvgIpc) is 3.35. The van der Waals surface area contributed by atoms with E-state index in [2.05, 4.69) is 10.3 Å². The van der Waals surface area contributed by atoms with Gasteiger partial charge in [0.05, 0.1) is 24.0 Å². The Morgan fingerprint density at radius 1 is 1.24 bits per heavy atom. The first-order valence-corrected chi connectivity index (χ1v) is 11.6. The van der Waals surface area contributed by atoms with Crippen LogP contribution >= 0.6 is 11.3 Å². The first-order valence-electron chi connectivity index (χ1n) is 10.7. The number of piperidine rings is 1. The van der Waals surface area contributed by atoms with Crippen LogP contribution in [0.1, 0.15) is 33.7 Å². The number of anilines is 2. The second-order valence-electron chi connectivity index (χ2n) is 7.87. The molecule has 0 aliphatic carbocycles. The number of carbonyl (C=O) groups is 2. The van der Waals surface area contributed by atoms with Gasteiger partial charge in [-0.3, -0.25) is 4.79 Å². The summed E-state index contributed by atoms with van der Waals surface area (Å²) in [5.74, 6) is -0.805. The maximum Gasteiger partial charge on any atom is 0.337 e. The van der Waals surface area contributed by atoms with Crippen molar-refractivity contribution in [2.24, 2.45) is 11.7 Å². The van der Waals surface area contributed by atoms with Gasteiger partial charge in [-0.2, -0.15) is 0 Å². The minimum Gasteiger partial charge on any atom is -0.465 e. The van der Waals surface area contributed by atoms with Crippen molar-refractivity contribution >= 4 is 34.6 Å². The molecule has 0 atom stereocenters. The number of thiazole rings is 1. The third-order valence-electron chi connectivity index (χ3n) is 5.77. The minimum absolute atomic E-state index is 0.218. The van der Waals surface area contributed by atoms with E-state index in [1.54, 1.807) is 35.7 Å². The van der Waals surface area contributed by atoms with Crippen LogP contribution in [0.25, 0.3) is 10.6 Å². The Bertz CT molecular complexity index is 1160. The standard InChI is InChI=1S/C24H25FN4O3S/c1-32-24(31)17-5-2-4-16(12-17)23-28-20(14-33-23)22(30)27-19-7-3-6-18(25)21(19)29-10-8-15(13-26)9-11-29/h2-7,12,14-15H,8-11,13,26H2,1H3,(H,27,30). The molecule has 0 radical (unpaired) electrons. The predicted molar refractivity (Wildman–Crippen MR) is 127 cm³/mol. The third-order valence-corrected chi connectivity index (χ3v) is 6.66. The molecule has 4 rings (SSSR count). The van der Waals surface area contributed by atoms with Crippen molar-refractivity contribution in [1.82, 2.24) is 4.98 Å². The van der Waals surface area contributed by atoms with Gasteiger partial charge in [0.1, 0.15) is 16.5 Å². The average molecular weight is 469 g/mol. The number of hydrogen-bond acceptors (Lipinski definition) is 7. The first kappa shape index (κ1) is 22.9. The van der Waals surface area contributed by atoms with Gasteiger partial charge >= 0.3 is 5.97 Å². The summed E-state index contributed by atoms with van der Waals surface area (Å²) in [6.07, 6.45) is 1.77. The van der Waals surface area contributed by atoms with Crippen molar-refractivity contribution in [2.45, 2.75) is 12.8 Å². The van der Waals surface area contributed by atoms with Gasteiger partial charge in [0.15, 0.2) is 0 Å². The molecule has 1 saturated heterocycles. The number of carbonyl (C=O) groups excluding carboxylic acids is 2. The Balaban J connectivity index is 1.53. The SMILES string of the molecule is COC(=O)c1cccc(-c2nc(C(=O)Nc3cccc(F)c3N3CCC(CN)CC3)cs2)c1. The molecular formula is C24H25FN4O3S. The number of methoxy groups -OCH3 is 1. The molecule has 1 aromatic heterocycles. The molecule has 0 saturated carbocycles. The Morgan fingerprint density at radius 3 is 2.73 bits per heavy atom. The topological polar surface area (TPSA) is 97.5 Å². The number of nitrogens with one attached hydrogen (secondary N) is 1. The molecule has 1 fully saturated rings. The van der Waals surface area contributed by atoms with Crippen LogP contribution in [-0.4, -0.2) is 43.6 Å². The van der Waals surface area contributed by atoms with Gasteiger partial charge in [0, 0.05) is 24.0 Å². The highest BCUT2D eigenvalue weighted by molar-refractivity contribution is 7.13. The molecule has 7 nitrogen and oxygen atoms in total. The van der Waals surface area contributed by atoms with Crippen LogP contribution in [0, 0.1) is 11.7 Å². The van der Waals surface area contributed by atoms with E-state index in [0.717, 1.165) is 12.8 Å². The number of halogens is 1. The maximum absolute atomic E-state index is 14.8. The summed E-state index contributed by atoms with van der Waals surface area (Å²) in [7, 11) is 1.32. The second-order valence-corrected chi connectivity index (χ2v) is 8.72. The summed E-state index contributed by atoms with van der Waals surface area (Å²) in [5, 5.41) is 5.05. The van der Waals surface area contributed by atoms with Crippen LogP contribution in [0.3, 0.4) is 0 Å². The van der Waals surface area contributed by atoms with Gasteiger partial charge in [-0.15, -0.1) is 11.3 Å². The number of rotatable bonds is 6. The normalized spacial score (nSPS) is 14.2. The van der Waals surface area contributed by atoms with Crippen LogP contribution in [-0.2, 0) is 4.74 Å². The maximum atomic E-state index is 14.8. The van der Waals surface area contributed by atoms with Gasteiger partial charge in [0.2, 0.25) is 0 Å². The molecule has 1 amide bonds. The molecule has 1 aliphatic rings. The Morgan fingerprint density at radius 2 is 2.00 bits per heavy atom. The summed E-state index contributed by atoms with van der Waals surface area (Å²) in [5.41, 5.74) is 7.90. The lowest BCUT2D eigenvalue weighted by Gasteiger charge is -2.34. The fraction of sp³-hybridized carbons (Fsp3) is 0.292. The number of esters is 1. The largest absolute Gasteiger partial charge is 0.465 e. The first-order chi connectivity index (χ1) is 16.0. The third kappa shape index (κ3) is 5.04. The number of para-hydroxylation sites is 1. The molecule has 1 aliphatic heterocycles. The zero-order chi connectivity index (χ0) is 23.4. The van der Waals surface area contributed by atoms with Crippen LogP contribution in [0.4, 0.5) is 15.8 Å². The van der Waals surface area contributed by atoms with Crippen molar-refractivity contribution in [3.8, 4) is 10.6 Å². The highest BCUT2D eigenvalue weighted by Gasteiger charge is 2.24. The predicted octanol–water partition coefficient (Wildman–Crippen LogP) is 4.16. The fourth-order valence-corrected chi connectivity index (χ4v) is 4.72. The lowest BCUT2D eigenvalue weighted by molar-refractivity contribution is 0.0600.